The summed E-state index contributed by atoms with van der Waals surface area (Å²) in [6.07, 6.45) is 1.45. The minimum Gasteiger partial charge on any atom is -0.496 e. The molecule has 0 aliphatic rings. The first kappa shape index (κ1) is 24.0. The van der Waals surface area contributed by atoms with Gasteiger partial charge in [0.1, 0.15) is 12.3 Å². The quantitative estimate of drug-likeness (QED) is 0.403. The van der Waals surface area contributed by atoms with Crippen LogP contribution in [0.3, 0.4) is 0 Å². The highest BCUT2D eigenvalue weighted by molar-refractivity contribution is 7.92. The Kier molecular flexibility index (Phi) is 7.50. The fourth-order valence-corrected chi connectivity index (χ4v) is 4.72. The molecule has 0 fully saturated rings. The molecule has 3 rings (SSSR count). The molecule has 3 aromatic carbocycles. The smallest absolute Gasteiger partial charge is 0.264 e. The van der Waals surface area contributed by atoms with Gasteiger partial charge in [-0.05, 0) is 62.2 Å². The maximum absolute atomic E-state index is 13.5. The van der Waals surface area contributed by atoms with E-state index in [4.69, 9.17) is 4.74 Å². The molecular formula is C25H27N3O4S. The summed E-state index contributed by atoms with van der Waals surface area (Å²) in [6, 6.07) is 19.2. The number of nitrogens with zero attached hydrogens (tertiary/aromatic N) is 2. The maximum Gasteiger partial charge on any atom is 0.264 e. The lowest BCUT2D eigenvalue weighted by Gasteiger charge is -2.25. The molecule has 0 aliphatic heterocycles. The molecule has 0 bridgehead atoms. The molecule has 33 heavy (non-hydrogen) atoms. The molecule has 0 spiro atoms. The molecule has 8 heteroatoms. The van der Waals surface area contributed by atoms with Crippen LogP contribution in [0.25, 0.3) is 0 Å². The van der Waals surface area contributed by atoms with Crippen molar-refractivity contribution in [2.45, 2.75) is 25.7 Å². The van der Waals surface area contributed by atoms with Crippen molar-refractivity contribution in [1.82, 2.24) is 5.43 Å². The van der Waals surface area contributed by atoms with Crippen LogP contribution in [0.2, 0.25) is 0 Å². The van der Waals surface area contributed by atoms with E-state index in [9.17, 15) is 13.2 Å². The van der Waals surface area contributed by atoms with Crippen LogP contribution >= 0.6 is 0 Å². The number of methoxy groups -OCH3 is 1. The minimum absolute atomic E-state index is 0.110. The fraction of sp³-hybridized carbons (Fsp3) is 0.200. The first-order chi connectivity index (χ1) is 15.7. The lowest BCUT2D eigenvalue weighted by molar-refractivity contribution is -0.119. The van der Waals surface area contributed by atoms with Crippen LogP contribution in [0.1, 0.15) is 22.3 Å². The van der Waals surface area contributed by atoms with E-state index in [0.29, 0.717) is 17.0 Å². The normalized spacial score (nSPS) is 11.4. The summed E-state index contributed by atoms with van der Waals surface area (Å²) >= 11 is 0. The van der Waals surface area contributed by atoms with Crippen molar-refractivity contribution >= 4 is 27.8 Å². The van der Waals surface area contributed by atoms with Gasteiger partial charge in [-0.25, -0.2) is 13.8 Å². The number of hydrogen-bond donors (Lipinski definition) is 1. The van der Waals surface area contributed by atoms with Gasteiger partial charge in [0, 0.05) is 5.56 Å². The summed E-state index contributed by atoms with van der Waals surface area (Å²) in [5.41, 5.74) is 6.10. The predicted octanol–water partition coefficient (Wildman–Crippen LogP) is 3.97. The topological polar surface area (TPSA) is 88.1 Å². The molecule has 1 N–H and O–H groups in total. The van der Waals surface area contributed by atoms with Crippen molar-refractivity contribution < 1.29 is 17.9 Å². The van der Waals surface area contributed by atoms with E-state index >= 15 is 0 Å². The second-order valence-corrected chi connectivity index (χ2v) is 9.51. The van der Waals surface area contributed by atoms with Crippen LogP contribution in [-0.4, -0.2) is 34.2 Å². The van der Waals surface area contributed by atoms with E-state index in [1.807, 2.05) is 45.0 Å². The highest BCUT2D eigenvalue weighted by Gasteiger charge is 2.28. The molecule has 0 aromatic heterocycles. The SMILES string of the molecule is COc1ccccc1/C=N\NC(=O)CN(c1cc(C)ccc1C)S(=O)(=O)c1ccc(C)cc1. The summed E-state index contributed by atoms with van der Waals surface area (Å²) in [5, 5.41) is 3.98. The molecular weight excluding hydrogens is 438 g/mol. The molecule has 172 valence electrons. The van der Waals surface area contributed by atoms with Gasteiger partial charge in [-0.1, -0.05) is 42.0 Å². The predicted molar refractivity (Wildman–Crippen MR) is 130 cm³/mol. The number of carbonyl (C=O) groups is 1. The van der Waals surface area contributed by atoms with Gasteiger partial charge >= 0.3 is 0 Å². The number of nitrogens with one attached hydrogen (secondary N) is 1. The van der Waals surface area contributed by atoms with Gasteiger partial charge in [0.25, 0.3) is 15.9 Å². The Morgan fingerprint density at radius 2 is 1.67 bits per heavy atom. The zero-order valence-electron chi connectivity index (χ0n) is 19.1. The first-order valence-corrected chi connectivity index (χ1v) is 11.8. The van der Waals surface area contributed by atoms with E-state index < -0.39 is 22.5 Å². The Morgan fingerprint density at radius 3 is 2.36 bits per heavy atom. The lowest BCUT2D eigenvalue weighted by atomic mass is 10.1. The third-order valence-corrected chi connectivity index (χ3v) is 6.84. The number of anilines is 1. The van der Waals surface area contributed by atoms with E-state index in [0.717, 1.165) is 21.0 Å². The first-order valence-electron chi connectivity index (χ1n) is 10.3. The van der Waals surface area contributed by atoms with Crippen molar-refractivity contribution in [3.05, 3.63) is 89.0 Å². The number of amides is 1. The van der Waals surface area contributed by atoms with Gasteiger partial charge in [0.2, 0.25) is 0 Å². The molecule has 0 atom stereocenters. The van der Waals surface area contributed by atoms with Gasteiger partial charge in [-0.15, -0.1) is 0 Å². The van der Waals surface area contributed by atoms with Gasteiger partial charge in [-0.3, -0.25) is 9.10 Å². The average molecular weight is 466 g/mol. The van der Waals surface area contributed by atoms with E-state index in [2.05, 4.69) is 10.5 Å². The number of hydrazone groups is 1. The monoisotopic (exact) mass is 465 g/mol. The molecule has 0 radical (unpaired) electrons. The molecule has 0 heterocycles. The zero-order valence-corrected chi connectivity index (χ0v) is 19.9. The molecule has 1 amide bonds. The summed E-state index contributed by atoms with van der Waals surface area (Å²) in [5.74, 6) is 0.0344. The molecule has 0 saturated heterocycles. The van der Waals surface area contributed by atoms with Gasteiger partial charge in [0.05, 0.1) is 23.9 Å². The van der Waals surface area contributed by atoms with E-state index in [1.165, 1.54) is 6.21 Å². The molecule has 3 aromatic rings. The molecule has 0 saturated carbocycles. The van der Waals surface area contributed by atoms with Gasteiger partial charge in [0.15, 0.2) is 0 Å². The highest BCUT2D eigenvalue weighted by atomic mass is 32.2. The van der Waals surface area contributed by atoms with Crippen LogP contribution < -0.4 is 14.5 Å². The van der Waals surface area contributed by atoms with Crippen molar-refractivity contribution in [3.8, 4) is 5.75 Å². The minimum atomic E-state index is -3.99. The van der Waals surface area contributed by atoms with E-state index in [1.54, 1.807) is 49.6 Å². The largest absolute Gasteiger partial charge is 0.496 e. The average Bonchev–Trinajstić information content (AvgIpc) is 2.79. The van der Waals surface area contributed by atoms with Crippen LogP contribution in [-0.2, 0) is 14.8 Å². The van der Waals surface area contributed by atoms with Crippen LogP contribution in [0.4, 0.5) is 5.69 Å². The fourth-order valence-electron chi connectivity index (χ4n) is 3.24. The standard InChI is InChI=1S/C25H27N3O4S/c1-18-10-13-22(14-11-18)33(30,31)28(23-15-19(2)9-12-20(23)3)17-25(29)27-26-16-21-7-5-6-8-24(21)32-4/h5-16H,17H2,1-4H3,(H,27,29)/b26-16-. The second kappa shape index (κ2) is 10.3. The van der Waals surface area contributed by atoms with E-state index in [-0.39, 0.29) is 4.90 Å². The highest BCUT2D eigenvalue weighted by Crippen LogP contribution is 2.28. The summed E-state index contributed by atoms with van der Waals surface area (Å²) in [4.78, 5) is 12.8. The Hall–Kier alpha value is -3.65. The zero-order chi connectivity index (χ0) is 24.0. The third kappa shape index (κ3) is 5.78. The van der Waals surface area contributed by atoms with Crippen LogP contribution in [0, 0.1) is 20.8 Å². The number of ether oxygens (including phenoxy) is 1. The Labute approximate surface area is 194 Å². The number of carbonyl (C=O) groups excluding carboxylic acids is 1. The molecule has 0 unspecified atom stereocenters. The lowest BCUT2D eigenvalue weighted by Crippen LogP contribution is -2.40. The van der Waals surface area contributed by atoms with Crippen molar-refractivity contribution in [2.24, 2.45) is 5.10 Å². The Morgan fingerprint density at radius 1 is 1.00 bits per heavy atom. The number of hydrogen-bond acceptors (Lipinski definition) is 5. The Bertz CT molecular complexity index is 1270. The van der Waals surface area contributed by atoms with Gasteiger partial charge in [-0.2, -0.15) is 5.10 Å². The summed E-state index contributed by atoms with van der Waals surface area (Å²) in [7, 11) is -2.45. The second-order valence-electron chi connectivity index (χ2n) is 7.65. The van der Waals surface area contributed by atoms with Crippen LogP contribution in [0.15, 0.2) is 76.7 Å². The third-order valence-electron chi connectivity index (χ3n) is 5.06. The van der Waals surface area contributed by atoms with Crippen molar-refractivity contribution in [2.75, 3.05) is 18.0 Å². The molecule has 0 aliphatic carbocycles. The number of aryl methyl sites for hydroxylation is 3. The summed E-state index contributed by atoms with van der Waals surface area (Å²) < 4.78 is 33.4. The summed E-state index contributed by atoms with van der Waals surface area (Å²) in [6.45, 7) is 5.14. The molecule has 7 nitrogen and oxygen atoms in total. The Balaban J connectivity index is 1.90. The van der Waals surface area contributed by atoms with Gasteiger partial charge < -0.3 is 4.74 Å². The van der Waals surface area contributed by atoms with Crippen molar-refractivity contribution in [1.29, 1.82) is 0 Å². The number of rotatable bonds is 8. The number of para-hydroxylation sites is 1. The maximum atomic E-state index is 13.5. The van der Waals surface area contributed by atoms with Crippen LogP contribution in [0.5, 0.6) is 5.75 Å². The number of benzene rings is 3. The van der Waals surface area contributed by atoms with Crippen molar-refractivity contribution in [3.63, 3.8) is 0 Å². The number of sulfonamides is 1.